The highest BCUT2D eigenvalue weighted by molar-refractivity contribution is 7.92. The molecule has 3 rings (SSSR count). The van der Waals surface area contributed by atoms with Gasteiger partial charge in [0.15, 0.2) is 0 Å². The lowest BCUT2D eigenvalue weighted by molar-refractivity contribution is 0.0955. The van der Waals surface area contributed by atoms with E-state index in [9.17, 15) is 13.2 Å². The number of anilines is 1. The smallest absolute Gasteiger partial charge is 0.273 e. The Morgan fingerprint density at radius 2 is 1.79 bits per heavy atom. The molecule has 2 aromatic carbocycles. The molecule has 0 radical (unpaired) electrons. The van der Waals surface area contributed by atoms with Crippen LogP contribution in [0.4, 0.5) is 5.69 Å². The van der Waals surface area contributed by atoms with Crippen LogP contribution in [0.1, 0.15) is 21.7 Å². The first kappa shape index (κ1) is 19.4. The molecule has 0 saturated heterocycles. The van der Waals surface area contributed by atoms with Gasteiger partial charge >= 0.3 is 0 Å². The molecule has 0 spiro atoms. The minimum atomic E-state index is -3.63. The Labute approximate surface area is 163 Å². The number of amides is 1. The fraction of sp³-hybridized carbons (Fsp3) is 0.100. The van der Waals surface area contributed by atoms with Crippen molar-refractivity contribution in [1.82, 2.24) is 5.43 Å². The summed E-state index contributed by atoms with van der Waals surface area (Å²) in [4.78, 5) is 12.6. The Morgan fingerprint density at radius 3 is 2.46 bits per heavy atom. The Morgan fingerprint density at radius 1 is 1.07 bits per heavy atom. The third-order valence-corrected chi connectivity index (χ3v) is 5.01. The Balaban J connectivity index is 1.88. The molecule has 3 aromatic rings. The van der Waals surface area contributed by atoms with E-state index < -0.39 is 15.9 Å². The second-order valence-corrected chi connectivity index (χ2v) is 7.89. The topological polar surface area (TPSA) is 92.0 Å². The Kier molecular flexibility index (Phi) is 5.90. The number of nitrogens with one attached hydrogen (secondary N) is 1. The van der Waals surface area contributed by atoms with Crippen LogP contribution in [-0.4, -0.2) is 26.8 Å². The molecule has 0 bridgehead atoms. The van der Waals surface area contributed by atoms with E-state index >= 15 is 0 Å². The quantitative estimate of drug-likeness (QED) is 0.490. The van der Waals surface area contributed by atoms with Crippen LogP contribution in [0.15, 0.2) is 82.5 Å². The number of carbonyl (C=O) groups is 1. The number of rotatable bonds is 7. The summed E-state index contributed by atoms with van der Waals surface area (Å²) in [5.74, 6) is -0.0458. The largest absolute Gasteiger partial charge is 0.463 e. The number of nitrogens with zero attached hydrogens (tertiary/aromatic N) is 2. The fourth-order valence-corrected chi connectivity index (χ4v) is 3.49. The molecule has 1 heterocycles. The van der Waals surface area contributed by atoms with Crippen molar-refractivity contribution in [2.75, 3.05) is 10.6 Å². The molecule has 0 saturated carbocycles. The molecule has 1 N–H and O–H groups in total. The van der Waals surface area contributed by atoms with Gasteiger partial charge in [0.2, 0.25) is 10.0 Å². The first-order valence-electron chi connectivity index (χ1n) is 8.43. The normalized spacial score (nSPS) is 11.5. The number of hydrogen-bond donors (Lipinski definition) is 1. The number of benzene rings is 2. The summed E-state index contributed by atoms with van der Waals surface area (Å²) in [7, 11) is -3.63. The first-order valence-corrected chi connectivity index (χ1v) is 10.3. The molecule has 0 aliphatic carbocycles. The SMILES string of the molecule is CS(=O)(=O)N(Cc1ccccc1)c1ccccc1C(=O)N/N=C/c1ccco1. The van der Waals surface area contributed by atoms with Gasteiger partial charge in [0.25, 0.3) is 5.91 Å². The highest BCUT2D eigenvalue weighted by Gasteiger charge is 2.23. The summed E-state index contributed by atoms with van der Waals surface area (Å²) in [5.41, 5.74) is 3.67. The van der Waals surface area contributed by atoms with Crippen molar-refractivity contribution in [3.05, 3.63) is 89.9 Å². The van der Waals surface area contributed by atoms with Crippen molar-refractivity contribution in [1.29, 1.82) is 0 Å². The third kappa shape index (κ3) is 4.86. The van der Waals surface area contributed by atoms with Crippen LogP contribution >= 0.6 is 0 Å². The van der Waals surface area contributed by atoms with Crippen molar-refractivity contribution >= 4 is 27.8 Å². The van der Waals surface area contributed by atoms with E-state index in [1.54, 1.807) is 36.4 Å². The highest BCUT2D eigenvalue weighted by atomic mass is 32.2. The lowest BCUT2D eigenvalue weighted by Gasteiger charge is -2.24. The molecule has 0 aliphatic rings. The molecule has 8 heteroatoms. The standard InChI is InChI=1S/C20H19N3O4S/c1-28(25,26)23(15-16-8-3-2-4-9-16)19-12-6-5-11-18(19)20(24)22-21-14-17-10-7-13-27-17/h2-14H,15H2,1H3,(H,22,24)/b21-14+. The van der Waals surface area contributed by atoms with Crippen LogP contribution in [-0.2, 0) is 16.6 Å². The van der Waals surface area contributed by atoms with Crippen LogP contribution in [0, 0.1) is 0 Å². The van der Waals surface area contributed by atoms with Gasteiger partial charge in [-0.05, 0) is 29.8 Å². The van der Waals surface area contributed by atoms with Crippen molar-refractivity contribution in [3.8, 4) is 0 Å². The second-order valence-electron chi connectivity index (χ2n) is 5.99. The predicted octanol–water partition coefficient (Wildman–Crippen LogP) is 3.01. The van der Waals surface area contributed by atoms with Gasteiger partial charge in [-0.1, -0.05) is 42.5 Å². The van der Waals surface area contributed by atoms with Gasteiger partial charge in [-0.15, -0.1) is 0 Å². The van der Waals surface area contributed by atoms with Crippen molar-refractivity contribution < 1.29 is 17.6 Å². The van der Waals surface area contributed by atoms with Crippen LogP contribution in [0.5, 0.6) is 0 Å². The monoisotopic (exact) mass is 397 g/mol. The lowest BCUT2D eigenvalue weighted by atomic mass is 10.1. The maximum Gasteiger partial charge on any atom is 0.273 e. The van der Waals surface area contributed by atoms with Crippen molar-refractivity contribution in [2.45, 2.75) is 6.54 Å². The van der Waals surface area contributed by atoms with E-state index in [1.807, 2.05) is 30.3 Å². The Hall–Kier alpha value is -3.39. The molecular formula is C20H19N3O4S. The van der Waals surface area contributed by atoms with E-state index in [-0.39, 0.29) is 17.8 Å². The Bertz CT molecular complexity index is 1060. The molecule has 0 fully saturated rings. The van der Waals surface area contributed by atoms with E-state index in [0.717, 1.165) is 11.8 Å². The fourth-order valence-electron chi connectivity index (χ4n) is 2.59. The molecule has 0 aliphatic heterocycles. The lowest BCUT2D eigenvalue weighted by Crippen LogP contribution is -2.32. The van der Waals surface area contributed by atoms with Crippen LogP contribution in [0.2, 0.25) is 0 Å². The van der Waals surface area contributed by atoms with Gasteiger partial charge in [-0.2, -0.15) is 5.10 Å². The summed E-state index contributed by atoms with van der Waals surface area (Å²) in [6.45, 7) is 0.111. The maximum absolute atomic E-state index is 12.6. The van der Waals surface area contributed by atoms with Gasteiger partial charge in [0.1, 0.15) is 5.76 Å². The number of para-hydroxylation sites is 1. The molecule has 1 aromatic heterocycles. The average Bonchev–Trinajstić information content (AvgIpc) is 3.19. The van der Waals surface area contributed by atoms with Crippen molar-refractivity contribution in [2.24, 2.45) is 5.10 Å². The van der Waals surface area contributed by atoms with Gasteiger partial charge in [0, 0.05) is 0 Å². The molecule has 7 nitrogen and oxygen atoms in total. The van der Waals surface area contributed by atoms with Crippen LogP contribution in [0.3, 0.4) is 0 Å². The van der Waals surface area contributed by atoms with E-state index in [4.69, 9.17) is 4.42 Å². The van der Waals surface area contributed by atoms with E-state index in [0.29, 0.717) is 5.76 Å². The van der Waals surface area contributed by atoms with E-state index in [1.165, 1.54) is 16.8 Å². The summed E-state index contributed by atoms with van der Waals surface area (Å²) in [6.07, 6.45) is 3.96. The number of sulfonamides is 1. The molecule has 0 atom stereocenters. The first-order chi connectivity index (χ1) is 13.4. The van der Waals surface area contributed by atoms with Crippen LogP contribution < -0.4 is 9.73 Å². The minimum Gasteiger partial charge on any atom is -0.463 e. The van der Waals surface area contributed by atoms with Crippen LogP contribution in [0.25, 0.3) is 0 Å². The van der Waals surface area contributed by atoms with Gasteiger partial charge in [-0.3, -0.25) is 9.10 Å². The number of hydrazone groups is 1. The van der Waals surface area contributed by atoms with Gasteiger partial charge in [-0.25, -0.2) is 13.8 Å². The average molecular weight is 397 g/mol. The van der Waals surface area contributed by atoms with Crippen molar-refractivity contribution in [3.63, 3.8) is 0 Å². The second kappa shape index (κ2) is 8.53. The zero-order valence-corrected chi connectivity index (χ0v) is 16.0. The zero-order chi connectivity index (χ0) is 20.0. The predicted molar refractivity (Wildman–Crippen MR) is 108 cm³/mol. The molecule has 0 unspecified atom stereocenters. The summed E-state index contributed by atoms with van der Waals surface area (Å²) < 4.78 is 31.2. The summed E-state index contributed by atoms with van der Waals surface area (Å²) in [5, 5.41) is 3.85. The molecule has 144 valence electrons. The summed E-state index contributed by atoms with van der Waals surface area (Å²) >= 11 is 0. The van der Waals surface area contributed by atoms with E-state index in [2.05, 4.69) is 10.5 Å². The molecule has 1 amide bonds. The number of hydrogen-bond acceptors (Lipinski definition) is 5. The van der Waals surface area contributed by atoms with Gasteiger partial charge < -0.3 is 4.42 Å². The zero-order valence-electron chi connectivity index (χ0n) is 15.1. The highest BCUT2D eigenvalue weighted by Crippen LogP contribution is 2.25. The number of carbonyl (C=O) groups excluding carboxylic acids is 1. The third-order valence-electron chi connectivity index (χ3n) is 3.89. The van der Waals surface area contributed by atoms with Gasteiger partial charge in [0.05, 0.1) is 36.5 Å². The minimum absolute atomic E-state index is 0.111. The summed E-state index contributed by atoms with van der Waals surface area (Å²) in [6, 6.07) is 19.1. The molecular weight excluding hydrogens is 378 g/mol. The number of furan rings is 1. The molecule has 28 heavy (non-hydrogen) atoms. The maximum atomic E-state index is 12.6.